The SMILES string of the molecule is Cc1ccc(C(=O)Nc2ccn(Cc3ccccc3F)n2)c(C)c1. The minimum atomic E-state index is -0.270. The number of nitrogens with zero attached hydrogens (tertiary/aromatic N) is 2. The lowest BCUT2D eigenvalue weighted by Crippen LogP contribution is -2.14. The van der Waals surface area contributed by atoms with Gasteiger partial charge in [-0.3, -0.25) is 9.48 Å². The van der Waals surface area contributed by atoms with Gasteiger partial charge in [0, 0.05) is 23.4 Å². The van der Waals surface area contributed by atoms with Crippen LogP contribution in [0.2, 0.25) is 0 Å². The fourth-order valence-electron chi connectivity index (χ4n) is 2.57. The molecule has 0 atom stereocenters. The zero-order valence-corrected chi connectivity index (χ0v) is 13.6. The molecular weight excluding hydrogens is 305 g/mol. The van der Waals surface area contributed by atoms with Gasteiger partial charge in [-0.25, -0.2) is 4.39 Å². The predicted molar refractivity (Wildman–Crippen MR) is 91.6 cm³/mol. The fraction of sp³-hybridized carbons (Fsp3) is 0.158. The number of rotatable bonds is 4. The van der Waals surface area contributed by atoms with Crippen LogP contribution in [0.5, 0.6) is 0 Å². The van der Waals surface area contributed by atoms with E-state index in [4.69, 9.17) is 0 Å². The molecule has 0 bridgehead atoms. The maximum Gasteiger partial charge on any atom is 0.257 e. The number of amides is 1. The summed E-state index contributed by atoms with van der Waals surface area (Å²) in [6, 6.07) is 13.9. The zero-order chi connectivity index (χ0) is 17.1. The van der Waals surface area contributed by atoms with Crippen LogP contribution >= 0.6 is 0 Å². The van der Waals surface area contributed by atoms with Crippen molar-refractivity contribution in [1.29, 1.82) is 0 Å². The van der Waals surface area contributed by atoms with E-state index in [1.54, 1.807) is 41.2 Å². The number of carbonyl (C=O) groups excluding carboxylic acids is 1. The highest BCUT2D eigenvalue weighted by molar-refractivity contribution is 6.04. The predicted octanol–water partition coefficient (Wildman–Crippen LogP) is 3.94. The summed E-state index contributed by atoms with van der Waals surface area (Å²) in [5.41, 5.74) is 3.19. The molecule has 4 nitrogen and oxygen atoms in total. The molecule has 3 aromatic rings. The quantitative estimate of drug-likeness (QED) is 0.790. The molecule has 1 aromatic heterocycles. The average molecular weight is 323 g/mol. The van der Waals surface area contributed by atoms with Crippen molar-refractivity contribution in [2.45, 2.75) is 20.4 Å². The molecule has 0 spiro atoms. The Bertz CT molecular complexity index is 886. The summed E-state index contributed by atoms with van der Waals surface area (Å²) in [4.78, 5) is 12.3. The highest BCUT2D eigenvalue weighted by Gasteiger charge is 2.11. The van der Waals surface area contributed by atoms with Crippen molar-refractivity contribution in [3.05, 3.63) is 82.8 Å². The number of halogens is 1. The summed E-state index contributed by atoms with van der Waals surface area (Å²) >= 11 is 0. The Morgan fingerprint density at radius 3 is 2.71 bits per heavy atom. The number of anilines is 1. The van der Waals surface area contributed by atoms with E-state index in [-0.39, 0.29) is 11.7 Å². The Morgan fingerprint density at radius 1 is 1.17 bits per heavy atom. The number of carbonyl (C=O) groups is 1. The summed E-state index contributed by atoms with van der Waals surface area (Å²) in [6.45, 7) is 4.20. The Morgan fingerprint density at radius 2 is 1.96 bits per heavy atom. The van der Waals surface area contributed by atoms with Crippen molar-refractivity contribution in [2.24, 2.45) is 0 Å². The average Bonchev–Trinajstić information content (AvgIpc) is 2.96. The van der Waals surface area contributed by atoms with Gasteiger partial charge in [-0.15, -0.1) is 0 Å². The fourth-order valence-corrected chi connectivity index (χ4v) is 2.57. The molecule has 0 saturated carbocycles. The lowest BCUT2D eigenvalue weighted by Gasteiger charge is -2.07. The summed E-state index contributed by atoms with van der Waals surface area (Å²) < 4.78 is 15.3. The van der Waals surface area contributed by atoms with Crippen LogP contribution in [-0.4, -0.2) is 15.7 Å². The first-order chi connectivity index (χ1) is 11.5. The third-order valence-corrected chi connectivity index (χ3v) is 3.80. The Hall–Kier alpha value is -2.95. The first-order valence-electron chi connectivity index (χ1n) is 7.68. The number of aryl methyl sites for hydroxylation is 2. The molecule has 2 aromatic carbocycles. The molecular formula is C19H18FN3O. The molecule has 1 N–H and O–H groups in total. The molecule has 0 fully saturated rings. The monoisotopic (exact) mass is 323 g/mol. The van der Waals surface area contributed by atoms with Crippen molar-refractivity contribution in [1.82, 2.24) is 9.78 Å². The van der Waals surface area contributed by atoms with Gasteiger partial charge in [0.05, 0.1) is 6.54 Å². The summed E-state index contributed by atoms with van der Waals surface area (Å²) in [5, 5.41) is 7.05. The lowest BCUT2D eigenvalue weighted by atomic mass is 10.1. The standard InChI is InChI=1S/C19H18FN3O/c1-13-7-8-16(14(2)11-13)19(24)21-18-9-10-23(22-18)12-15-5-3-4-6-17(15)20/h3-11H,12H2,1-2H3,(H,21,22,24). The third-order valence-electron chi connectivity index (χ3n) is 3.80. The van der Waals surface area contributed by atoms with Gasteiger partial charge in [0.25, 0.3) is 5.91 Å². The molecule has 0 saturated heterocycles. The van der Waals surface area contributed by atoms with Gasteiger partial charge >= 0.3 is 0 Å². The van der Waals surface area contributed by atoms with Gasteiger partial charge in [0.2, 0.25) is 0 Å². The van der Waals surface area contributed by atoms with Gasteiger partial charge in [-0.05, 0) is 31.5 Å². The molecule has 0 aliphatic heterocycles. The molecule has 0 aliphatic rings. The number of aromatic nitrogens is 2. The van der Waals surface area contributed by atoms with E-state index >= 15 is 0 Å². The third kappa shape index (κ3) is 3.51. The number of benzene rings is 2. The molecule has 0 radical (unpaired) electrons. The molecule has 1 amide bonds. The summed E-state index contributed by atoms with van der Waals surface area (Å²) in [6.07, 6.45) is 1.71. The van der Waals surface area contributed by atoms with E-state index in [0.29, 0.717) is 23.5 Å². The van der Waals surface area contributed by atoms with E-state index in [9.17, 15) is 9.18 Å². The second-order valence-electron chi connectivity index (χ2n) is 5.76. The van der Waals surface area contributed by atoms with Crippen molar-refractivity contribution >= 4 is 11.7 Å². The van der Waals surface area contributed by atoms with Crippen molar-refractivity contribution in [3.8, 4) is 0 Å². The van der Waals surface area contributed by atoms with Gasteiger partial charge in [0.1, 0.15) is 5.82 Å². The van der Waals surface area contributed by atoms with Crippen LogP contribution in [0.1, 0.15) is 27.0 Å². The van der Waals surface area contributed by atoms with Crippen molar-refractivity contribution in [2.75, 3.05) is 5.32 Å². The van der Waals surface area contributed by atoms with Crippen LogP contribution in [0.25, 0.3) is 0 Å². The maximum absolute atomic E-state index is 13.7. The van der Waals surface area contributed by atoms with Crippen molar-refractivity contribution in [3.63, 3.8) is 0 Å². The first kappa shape index (κ1) is 15.9. The second-order valence-corrected chi connectivity index (χ2v) is 5.76. The molecule has 5 heteroatoms. The zero-order valence-electron chi connectivity index (χ0n) is 13.6. The minimum absolute atomic E-state index is 0.205. The largest absolute Gasteiger partial charge is 0.305 e. The van der Waals surface area contributed by atoms with Crippen molar-refractivity contribution < 1.29 is 9.18 Å². The van der Waals surface area contributed by atoms with Crippen LogP contribution in [0.3, 0.4) is 0 Å². The second kappa shape index (κ2) is 6.66. The number of hydrogen-bond acceptors (Lipinski definition) is 2. The van der Waals surface area contributed by atoms with E-state index in [2.05, 4.69) is 10.4 Å². The van der Waals surface area contributed by atoms with Crippen LogP contribution in [0.15, 0.2) is 54.7 Å². The minimum Gasteiger partial charge on any atom is -0.305 e. The van der Waals surface area contributed by atoms with Gasteiger partial charge in [-0.2, -0.15) is 5.10 Å². The molecule has 24 heavy (non-hydrogen) atoms. The van der Waals surface area contributed by atoms with Crippen LogP contribution in [0.4, 0.5) is 10.2 Å². The molecule has 122 valence electrons. The topological polar surface area (TPSA) is 46.9 Å². The highest BCUT2D eigenvalue weighted by Crippen LogP contribution is 2.14. The summed E-state index contributed by atoms with van der Waals surface area (Å²) in [5.74, 6) is -0.0335. The molecule has 1 heterocycles. The number of hydrogen-bond donors (Lipinski definition) is 1. The van der Waals surface area contributed by atoms with E-state index in [1.165, 1.54) is 6.07 Å². The van der Waals surface area contributed by atoms with Crippen LogP contribution in [-0.2, 0) is 6.54 Å². The van der Waals surface area contributed by atoms with Crippen LogP contribution in [0, 0.1) is 19.7 Å². The summed E-state index contributed by atoms with van der Waals surface area (Å²) in [7, 11) is 0. The van der Waals surface area contributed by atoms with E-state index in [0.717, 1.165) is 11.1 Å². The molecule has 3 rings (SSSR count). The van der Waals surface area contributed by atoms with Gasteiger partial charge < -0.3 is 5.32 Å². The maximum atomic E-state index is 13.7. The van der Waals surface area contributed by atoms with E-state index < -0.39 is 0 Å². The van der Waals surface area contributed by atoms with Gasteiger partial charge in [-0.1, -0.05) is 35.9 Å². The Kier molecular flexibility index (Phi) is 4.42. The molecule has 0 unspecified atom stereocenters. The van der Waals surface area contributed by atoms with E-state index in [1.807, 2.05) is 26.0 Å². The highest BCUT2D eigenvalue weighted by atomic mass is 19.1. The van der Waals surface area contributed by atoms with Gasteiger partial charge in [0.15, 0.2) is 5.82 Å². The Labute approximate surface area is 139 Å². The number of nitrogens with one attached hydrogen (secondary N) is 1. The normalized spacial score (nSPS) is 10.6. The molecule has 0 aliphatic carbocycles. The van der Waals surface area contributed by atoms with Crippen LogP contribution < -0.4 is 5.32 Å². The lowest BCUT2D eigenvalue weighted by molar-refractivity contribution is 0.102. The first-order valence-corrected chi connectivity index (χ1v) is 7.68. The smallest absolute Gasteiger partial charge is 0.257 e. The Balaban J connectivity index is 1.72.